The molecule has 1 saturated carbocycles. The molecular formula is C29H33N5O3. The van der Waals surface area contributed by atoms with Crippen LogP contribution in [0.3, 0.4) is 0 Å². The van der Waals surface area contributed by atoms with Gasteiger partial charge in [-0.3, -0.25) is 4.79 Å². The molecule has 0 unspecified atom stereocenters. The Morgan fingerprint density at radius 1 is 1.11 bits per heavy atom. The minimum atomic E-state index is -0.517. The van der Waals surface area contributed by atoms with Gasteiger partial charge in [0, 0.05) is 42.9 Å². The van der Waals surface area contributed by atoms with Gasteiger partial charge in [-0.25, -0.2) is 14.8 Å². The number of carbonyl (C=O) groups excluding carboxylic acids is 2. The van der Waals surface area contributed by atoms with E-state index in [2.05, 4.69) is 26.4 Å². The Morgan fingerprint density at radius 3 is 2.57 bits per heavy atom. The van der Waals surface area contributed by atoms with Crippen molar-refractivity contribution < 1.29 is 14.3 Å². The van der Waals surface area contributed by atoms with Crippen molar-refractivity contribution in [3.63, 3.8) is 0 Å². The predicted octanol–water partition coefficient (Wildman–Crippen LogP) is 4.97. The van der Waals surface area contributed by atoms with Gasteiger partial charge < -0.3 is 19.9 Å². The average Bonchev–Trinajstić information content (AvgIpc) is 3.60. The number of nitrogen functional groups attached to an aromatic ring is 1. The van der Waals surface area contributed by atoms with Gasteiger partial charge in [0.15, 0.2) is 5.78 Å². The van der Waals surface area contributed by atoms with Crippen LogP contribution in [-0.2, 0) is 4.74 Å². The molecule has 37 heavy (non-hydrogen) atoms. The van der Waals surface area contributed by atoms with Crippen LogP contribution in [0, 0.1) is 17.8 Å². The normalized spacial score (nSPS) is 16.4. The Balaban J connectivity index is 1.37. The first-order chi connectivity index (χ1) is 17.7. The molecule has 2 aromatic heterocycles. The highest BCUT2D eigenvalue weighted by Gasteiger charge is 2.29. The number of fused-ring (bicyclic) bond motifs is 1. The first kappa shape index (κ1) is 24.8. The second-order valence-electron chi connectivity index (χ2n) is 11.0. The lowest BCUT2D eigenvalue weighted by atomic mass is 10.0. The highest BCUT2D eigenvalue weighted by Crippen LogP contribution is 2.34. The number of hydrogen-bond donors (Lipinski definition) is 1. The van der Waals surface area contributed by atoms with E-state index in [1.54, 1.807) is 4.90 Å². The van der Waals surface area contributed by atoms with Crippen LogP contribution in [0.25, 0.3) is 11.0 Å². The van der Waals surface area contributed by atoms with Crippen molar-refractivity contribution in [1.29, 1.82) is 0 Å². The Morgan fingerprint density at radius 2 is 1.86 bits per heavy atom. The fourth-order valence-corrected chi connectivity index (χ4v) is 4.75. The van der Waals surface area contributed by atoms with E-state index < -0.39 is 5.60 Å². The number of Topliss-reactive ketones (excluding diaryl/α,β-unsaturated/α-hetero) is 1. The molecule has 8 nitrogen and oxygen atoms in total. The molecule has 192 valence electrons. The number of ketones is 1. The number of hydrogen-bond acceptors (Lipinski definition) is 6. The molecule has 0 radical (unpaired) electrons. The third-order valence-corrected chi connectivity index (χ3v) is 6.85. The maximum absolute atomic E-state index is 12.5. The van der Waals surface area contributed by atoms with Crippen molar-refractivity contribution in [3.05, 3.63) is 53.5 Å². The maximum Gasteiger partial charge on any atom is 0.410 e. The molecule has 8 heteroatoms. The summed E-state index contributed by atoms with van der Waals surface area (Å²) in [6.07, 6.45) is 7.63. The second kappa shape index (κ2) is 9.89. The highest BCUT2D eigenvalue weighted by atomic mass is 16.6. The molecule has 3 heterocycles. The van der Waals surface area contributed by atoms with E-state index in [4.69, 9.17) is 10.5 Å². The topological polar surface area (TPSA) is 103 Å². The number of ether oxygens (including phenoxy) is 1. The second-order valence-corrected chi connectivity index (χ2v) is 11.0. The zero-order valence-corrected chi connectivity index (χ0v) is 21.7. The summed E-state index contributed by atoms with van der Waals surface area (Å²) in [6.45, 7) is 6.82. The quantitative estimate of drug-likeness (QED) is 0.402. The zero-order chi connectivity index (χ0) is 26.2. The van der Waals surface area contributed by atoms with Crippen molar-refractivity contribution in [2.75, 3.05) is 18.8 Å². The molecule has 2 fully saturated rings. The van der Waals surface area contributed by atoms with Crippen molar-refractivity contribution >= 4 is 28.7 Å². The SMILES string of the molecule is CC(C)(C)OC(=O)N1CCC(n2cc(C#Cc3cccc(C(=O)CC4CC4)c3)c3c(N)ncnc32)CC1. The number of nitrogens with two attached hydrogens (primary N) is 1. The van der Waals surface area contributed by atoms with Gasteiger partial charge in [-0.15, -0.1) is 0 Å². The fraction of sp³-hybridized carbons (Fsp3) is 0.448. The smallest absolute Gasteiger partial charge is 0.410 e. The minimum Gasteiger partial charge on any atom is -0.444 e. The Kier molecular flexibility index (Phi) is 6.63. The van der Waals surface area contributed by atoms with Crippen LogP contribution in [-0.4, -0.2) is 50.0 Å². The van der Waals surface area contributed by atoms with Gasteiger partial charge in [0.05, 0.1) is 10.9 Å². The first-order valence-electron chi connectivity index (χ1n) is 12.9. The molecule has 0 spiro atoms. The molecule has 1 saturated heterocycles. The average molecular weight is 500 g/mol. The van der Waals surface area contributed by atoms with Crippen LogP contribution in [0.5, 0.6) is 0 Å². The number of aromatic nitrogens is 3. The molecule has 1 aliphatic heterocycles. The Labute approximate surface area is 217 Å². The molecule has 0 atom stereocenters. The summed E-state index contributed by atoms with van der Waals surface area (Å²) >= 11 is 0. The van der Waals surface area contributed by atoms with E-state index in [-0.39, 0.29) is 17.9 Å². The summed E-state index contributed by atoms with van der Waals surface area (Å²) in [5.41, 5.74) is 8.72. The molecular weight excluding hydrogens is 466 g/mol. The van der Waals surface area contributed by atoms with E-state index in [9.17, 15) is 9.59 Å². The van der Waals surface area contributed by atoms with Crippen LogP contribution < -0.4 is 5.73 Å². The number of benzene rings is 1. The van der Waals surface area contributed by atoms with Gasteiger partial charge in [-0.05, 0) is 64.5 Å². The summed E-state index contributed by atoms with van der Waals surface area (Å²) < 4.78 is 7.64. The van der Waals surface area contributed by atoms with Gasteiger partial charge in [-0.1, -0.05) is 24.0 Å². The summed E-state index contributed by atoms with van der Waals surface area (Å²) in [4.78, 5) is 35.5. The van der Waals surface area contributed by atoms with Crippen molar-refractivity contribution in [2.24, 2.45) is 5.92 Å². The number of amides is 1. The number of rotatable bonds is 4. The molecule has 3 aromatic rings. The standard InChI is InChI=1S/C29H33N5O3/c1-29(2,3)37-28(36)33-13-11-23(12-14-33)34-17-22(25-26(30)31-18-32-27(25)34)10-9-19-5-4-6-21(15-19)24(35)16-20-7-8-20/h4-6,15,17-18,20,23H,7-8,11-14,16H2,1-3H3,(H2,30,31,32). The summed E-state index contributed by atoms with van der Waals surface area (Å²) in [5.74, 6) is 7.57. The predicted molar refractivity (Wildman–Crippen MR) is 142 cm³/mol. The van der Waals surface area contributed by atoms with E-state index in [1.165, 1.54) is 6.33 Å². The number of nitrogens with zero attached hydrogens (tertiary/aromatic N) is 4. The molecule has 1 aromatic carbocycles. The largest absolute Gasteiger partial charge is 0.444 e. The lowest BCUT2D eigenvalue weighted by Crippen LogP contribution is -2.42. The highest BCUT2D eigenvalue weighted by molar-refractivity contribution is 5.97. The fourth-order valence-electron chi connectivity index (χ4n) is 4.75. The van der Waals surface area contributed by atoms with Crippen LogP contribution in [0.2, 0.25) is 0 Å². The van der Waals surface area contributed by atoms with Crippen LogP contribution in [0.4, 0.5) is 10.6 Å². The third-order valence-electron chi connectivity index (χ3n) is 6.85. The Hall–Kier alpha value is -3.86. The monoisotopic (exact) mass is 499 g/mol. The molecule has 1 aliphatic carbocycles. The summed E-state index contributed by atoms with van der Waals surface area (Å²) in [6, 6.07) is 7.66. The molecule has 5 rings (SSSR count). The number of carbonyl (C=O) groups is 2. The van der Waals surface area contributed by atoms with Gasteiger partial charge in [0.25, 0.3) is 0 Å². The van der Waals surface area contributed by atoms with E-state index in [0.717, 1.165) is 47.8 Å². The first-order valence-corrected chi connectivity index (χ1v) is 12.9. The lowest BCUT2D eigenvalue weighted by Gasteiger charge is -2.34. The van der Waals surface area contributed by atoms with Crippen molar-refractivity contribution in [1.82, 2.24) is 19.4 Å². The molecule has 1 amide bonds. The van der Waals surface area contributed by atoms with Crippen molar-refractivity contribution in [3.8, 4) is 11.8 Å². The lowest BCUT2D eigenvalue weighted by molar-refractivity contribution is 0.0189. The maximum atomic E-state index is 12.5. The van der Waals surface area contributed by atoms with Gasteiger partial charge in [0.1, 0.15) is 23.4 Å². The summed E-state index contributed by atoms with van der Waals surface area (Å²) in [5, 5.41) is 0.727. The molecule has 0 bridgehead atoms. The number of likely N-dealkylation sites (tertiary alicyclic amines) is 1. The van der Waals surface area contributed by atoms with E-state index >= 15 is 0 Å². The van der Waals surface area contributed by atoms with E-state index in [1.807, 2.05) is 51.2 Å². The van der Waals surface area contributed by atoms with Crippen LogP contribution >= 0.6 is 0 Å². The molecule has 2 N–H and O–H groups in total. The minimum absolute atomic E-state index is 0.148. The van der Waals surface area contributed by atoms with E-state index in [0.29, 0.717) is 36.8 Å². The number of anilines is 1. The van der Waals surface area contributed by atoms with Crippen molar-refractivity contribution in [2.45, 2.75) is 64.5 Å². The van der Waals surface area contributed by atoms with Crippen LogP contribution in [0.1, 0.15) is 80.4 Å². The number of piperidine rings is 1. The third kappa shape index (κ3) is 5.77. The van der Waals surface area contributed by atoms with Crippen LogP contribution in [0.15, 0.2) is 36.8 Å². The van der Waals surface area contributed by atoms with Gasteiger partial charge in [0.2, 0.25) is 0 Å². The van der Waals surface area contributed by atoms with Gasteiger partial charge >= 0.3 is 6.09 Å². The van der Waals surface area contributed by atoms with Gasteiger partial charge in [-0.2, -0.15) is 0 Å². The Bertz CT molecular complexity index is 1400. The zero-order valence-electron chi connectivity index (χ0n) is 21.7. The molecule has 2 aliphatic rings. The summed E-state index contributed by atoms with van der Waals surface area (Å²) in [7, 11) is 0.